The van der Waals surface area contributed by atoms with Crippen molar-refractivity contribution in [3.8, 4) is 0 Å². The van der Waals surface area contributed by atoms with E-state index in [4.69, 9.17) is 11.6 Å². The van der Waals surface area contributed by atoms with Crippen LogP contribution >= 0.6 is 11.6 Å². The molecule has 6 rings (SSSR count). The maximum Gasteiger partial charge on any atom is 0.244 e. The summed E-state index contributed by atoms with van der Waals surface area (Å²) in [5, 5.41) is 3.33. The Morgan fingerprint density at radius 1 is 0.951 bits per heavy atom. The second-order valence-corrected chi connectivity index (χ2v) is 15.3. The van der Waals surface area contributed by atoms with Gasteiger partial charge in [-0.25, -0.2) is 8.42 Å². The van der Waals surface area contributed by atoms with Crippen LogP contribution in [-0.2, 0) is 31.6 Å². The van der Waals surface area contributed by atoms with Gasteiger partial charge >= 0.3 is 0 Å². The van der Waals surface area contributed by atoms with Crippen molar-refractivity contribution in [2.45, 2.75) is 83.3 Å². The lowest BCUT2D eigenvalue weighted by molar-refractivity contribution is -0.139. The molecule has 1 atom stereocenters. The highest BCUT2D eigenvalue weighted by Crippen LogP contribution is 2.60. The summed E-state index contributed by atoms with van der Waals surface area (Å²) in [5.74, 6) is 1.64. The Kier molecular flexibility index (Phi) is 8.46. The highest BCUT2D eigenvalue weighted by molar-refractivity contribution is 7.92. The fraction of sp³-hybridized carbons (Fsp3) is 0.562. The molecule has 4 saturated carbocycles. The lowest BCUT2D eigenvalue weighted by Crippen LogP contribution is -2.52. The first-order valence-corrected chi connectivity index (χ1v) is 17.0. The smallest absolute Gasteiger partial charge is 0.244 e. The number of benzene rings is 2. The molecule has 9 heteroatoms. The molecule has 4 bridgehead atoms. The zero-order valence-corrected chi connectivity index (χ0v) is 26.0. The molecule has 4 fully saturated rings. The van der Waals surface area contributed by atoms with Gasteiger partial charge in [0.15, 0.2) is 0 Å². The van der Waals surface area contributed by atoms with Crippen molar-refractivity contribution < 1.29 is 18.0 Å². The van der Waals surface area contributed by atoms with Gasteiger partial charge in [0, 0.05) is 17.6 Å². The minimum absolute atomic E-state index is 0.0771. The van der Waals surface area contributed by atoms with Gasteiger partial charge in [-0.1, -0.05) is 41.9 Å². The lowest BCUT2D eigenvalue weighted by Gasteiger charge is -2.57. The summed E-state index contributed by atoms with van der Waals surface area (Å²) < 4.78 is 27.2. The minimum Gasteiger partial charge on any atom is -0.352 e. The van der Waals surface area contributed by atoms with Crippen molar-refractivity contribution in [1.29, 1.82) is 0 Å². The molecule has 4 aliphatic rings. The van der Waals surface area contributed by atoms with Crippen LogP contribution in [0.5, 0.6) is 0 Å². The highest BCUT2D eigenvalue weighted by Gasteiger charge is 2.51. The van der Waals surface area contributed by atoms with Crippen molar-refractivity contribution in [1.82, 2.24) is 10.2 Å². The predicted octanol–water partition coefficient (Wildman–Crippen LogP) is 5.52. The van der Waals surface area contributed by atoms with E-state index in [2.05, 4.69) is 17.4 Å². The molecule has 0 aliphatic heterocycles. The van der Waals surface area contributed by atoms with Crippen LogP contribution in [0.3, 0.4) is 0 Å². The maximum atomic E-state index is 13.8. The van der Waals surface area contributed by atoms with Gasteiger partial charge in [0.2, 0.25) is 21.8 Å². The van der Waals surface area contributed by atoms with E-state index in [0.717, 1.165) is 28.3 Å². The van der Waals surface area contributed by atoms with Gasteiger partial charge in [0.05, 0.1) is 11.9 Å². The van der Waals surface area contributed by atoms with Crippen molar-refractivity contribution in [2.24, 2.45) is 17.8 Å². The van der Waals surface area contributed by atoms with E-state index < -0.39 is 28.5 Å². The standard InChI is InChI=1S/C32H42ClN3O4S/c1-21(2)34-31(38)22(3)35(19-26-7-5-6-8-29(26)33)30(37)20-36(41(4,39)40)28-11-9-27(10-12-28)32-16-23-13-24(17-32)15-25(14-23)18-32/h5-12,21-25H,13-20H2,1-4H3,(H,34,38)/t22-,23?,24?,25?,32?/m1/s1. The number of amides is 2. The highest BCUT2D eigenvalue weighted by atomic mass is 35.5. The fourth-order valence-electron chi connectivity index (χ4n) is 7.86. The van der Waals surface area contributed by atoms with E-state index >= 15 is 0 Å². The molecule has 0 aromatic heterocycles. The summed E-state index contributed by atoms with van der Waals surface area (Å²) in [6.45, 7) is 5.01. The maximum absolute atomic E-state index is 13.8. The van der Waals surface area contributed by atoms with Crippen LogP contribution in [0.2, 0.25) is 5.02 Å². The average molecular weight is 600 g/mol. The molecule has 0 saturated heterocycles. The summed E-state index contributed by atoms with van der Waals surface area (Å²) in [5.41, 5.74) is 2.62. The number of halogens is 1. The topological polar surface area (TPSA) is 86.8 Å². The Hall–Kier alpha value is -2.58. The zero-order valence-electron chi connectivity index (χ0n) is 24.5. The number of nitrogens with zero attached hydrogens (tertiary/aromatic N) is 2. The van der Waals surface area contributed by atoms with E-state index in [1.165, 1.54) is 49.0 Å². The SMILES string of the molecule is CC(C)NC(=O)[C@@H](C)N(Cc1ccccc1Cl)C(=O)CN(c1ccc(C23CC4CC(CC(C4)C2)C3)cc1)S(C)(=O)=O. The van der Waals surface area contributed by atoms with Crippen molar-refractivity contribution in [3.05, 3.63) is 64.7 Å². The molecule has 2 aromatic carbocycles. The lowest BCUT2D eigenvalue weighted by atomic mass is 9.48. The molecule has 2 aromatic rings. The summed E-state index contributed by atoms with van der Waals surface area (Å²) in [6.07, 6.45) is 8.86. The van der Waals surface area contributed by atoms with Crippen LogP contribution in [0.25, 0.3) is 0 Å². The fourth-order valence-corrected chi connectivity index (χ4v) is 8.90. The molecular weight excluding hydrogens is 558 g/mol. The first-order chi connectivity index (χ1) is 19.3. The first kappa shape index (κ1) is 29.9. The van der Waals surface area contributed by atoms with Crippen LogP contribution in [0.15, 0.2) is 48.5 Å². The number of rotatable bonds is 10. The van der Waals surface area contributed by atoms with Gasteiger partial charge in [0.1, 0.15) is 12.6 Å². The molecular formula is C32H42ClN3O4S. The Morgan fingerprint density at radius 3 is 2.02 bits per heavy atom. The predicted molar refractivity (Wildman–Crippen MR) is 163 cm³/mol. The van der Waals surface area contributed by atoms with Crippen LogP contribution in [0.1, 0.15) is 70.4 Å². The summed E-state index contributed by atoms with van der Waals surface area (Å²) in [6, 6.07) is 14.0. The monoisotopic (exact) mass is 599 g/mol. The van der Waals surface area contributed by atoms with Crippen molar-refractivity contribution in [2.75, 3.05) is 17.1 Å². The quantitative estimate of drug-likeness (QED) is 0.390. The molecule has 7 nitrogen and oxygen atoms in total. The number of carbonyl (C=O) groups is 2. The molecule has 41 heavy (non-hydrogen) atoms. The van der Waals surface area contributed by atoms with Gasteiger partial charge in [-0.3, -0.25) is 13.9 Å². The Bertz CT molecular complexity index is 1360. The summed E-state index contributed by atoms with van der Waals surface area (Å²) in [7, 11) is -3.79. The second-order valence-electron chi connectivity index (χ2n) is 13.0. The number of hydrogen-bond donors (Lipinski definition) is 1. The van der Waals surface area contributed by atoms with E-state index in [-0.39, 0.29) is 23.9 Å². The van der Waals surface area contributed by atoms with E-state index in [9.17, 15) is 18.0 Å². The number of hydrogen-bond acceptors (Lipinski definition) is 4. The Morgan fingerprint density at radius 2 is 1.51 bits per heavy atom. The van der Waals surface area contributed by atoms with E-state index in [1.807, 2.05) is 32.0 Å². The number of anilines is 1. The van der Waals surface area contributed by atoms with Gasteiger partial charge in [0.25, 0.3) is 0 Å². The number of carbonyl (C=O) groups excluding carboxylic acids is 2. The minimum atomic E-state index is -3.79. The molecule has 0 unspecified atom stereocenters. The average Bonchev–Trinajstić information content (AvgIpc) is 2.89. The van der Waals surface area contributed by atoms with Crippen LogP contribution in [-0.4, -0.2) is 50.0 Å². The second kappa shape index (κ2) is 11.6. The van der Waals surface area contributed by atoms with Gasteiger partial charge in [-0.2, -0.15) is 0 Å². The summed E-state index contributed by atoms with van der Waals surface area (Å²) in [4.78, 5) is 28.2. The zero-order chi connectivity index (χ0) is 29.5. The van der Waals surface area contributed by atoms with Crippen LogP contribution in [0, 0.1) is 17.8 Å². The normalized spacial score (nSPS) is 25.7. The van der Waals surface area contributed by atoms with Gasteiger partial charge in [-0.15, -0.1) is 0 Å². The molecule has 2 amide bonds. The first-order valence-electron chi connectivity index (χ1n) is 14.8. The Labute approximate surface area is 249 Å². The van der Waals surface area contributed by atoms with Gasteiger partial charge in [-0.05, 0) is 112 Å². The molecule has 222 valence electrons. The molecule has 1 N–H and O–H groups in total. The van der Waals surface area contributed by atoms with Crippen molar-refractivity contribution >= 4 is 39.1 Å². The molecule has 0 spiro atoms. The third kappa shape index (κ3) is 6.43. The number of nitrogens with one attached hydrogen (secondary N) is 1. The largest absolute Gasteiger partial charge is 0.352 e. The molecule has 0 radical (unpaired) electrons. The van der Waals surface area contributed by atoms with Crippen molar-refractivity contribution in [3.63, 3.8) is 0 Å². The molecule has 4 aliphatic carbocycles. The summed E-state index contributed by atoms with van der Waals surface area (Å²) >= 11 is 6.40. The Balaban J connectivity index is 1.39. The van der Waals surface area contributed by atoms with Crippen LogP contribution < -0.4 is 9.62 Å². The third-order valence-electron chi connectivity index (χ3n) is 9.38. The van der Waals surface area contributed by atoms with E-state index in [0.29, 0.717) is 16.3 Å². The molecule has 0 heterocycles. The third-order valence-corrected chi connectivity index (χ3v) is 10.9. The van der Waals surface area contributed by atoms with E-state index in [1.54, 1.807) is 25.1 Å². The van der Waals surface area contributed by atoms with Gasteiger partial charge < -0.3 is 10.2 Å². The van der Waals surface area contributed by atoms with Crippen LogP contribution in [0.4, 0.5) is 5.69 Å². The number of sulfonamides is 1.